The van der Waals surface area contributed by atoms with E-state index in [9.17, 15) is 4.79 Å². The normalized spacial score (nSPS) is 12.3. The average molecular weight is 375 g/mol. The molecule has 0 aromatic carbocycles. The Hall–Kier alpha value is -0.650. The van der Waals surface area contributed by atoms with Crippen LogP contribution in [0.25, 0.3) is 0 Å². The number of unbranched alkanes of at least 4 members (excludes halogenated alkanes) is 14. The van der Waals surface area contributed by atoms with Crippen LogP contribution in [-0.4, -0.2) is 35.7 Å². The number of esters is 1. The average Bonchev–Trinajstić information content (AvgIpc) is 2.65. The molecule has 0 bridgehead atoms. The van der Waals surface area contributed by atoms with Crippen LogP contribution in [0, 0.1) is 0 Å². The molecular weight excluding hydrogens is 332 g/mol. The van der Waals surface area contributed by atoms with Crippen LogP contribution in [0.4, 0.5) is 0 Å². The van der Waals surface area contributed by atoms with Crippen LogP contribution in [0.5, 0.6) is 0 Å². The number of hydrogen-bond donors (Lipinski definition) is 2. The molecule has 0 radical (unpaired) electrons. The van der Waals surface area contributed by atoms with Gasteiger partial charge in [0.1, 0.15) is 12.7 Å². The minimum absolute atomic E-state index is 0.107. The summed E-state index contributed by atoms with van der Waals surface area (Å²) in [6.45, 7) is 1.78. The highest BCUT2D eigenvalue weighted by Crippen LogP contribution is 2.13. The Morgan fingerprint density at radius 1 is 0.769 bits per heavy atom. The summed E-state index contributed by atoms with van der Waals surface area (Å²) in [6.07, 6.45) is 19.0. The molecule has 0 unspecified atom stereocenters. The van der Waals surface area contributed by atoms with Crippen LogP contribution in [-0.2, 0) is 14.4 Å². The van der Waals surface area contributed by atoms with Gasteiger partial charge in [0.25, 0.3) is 0 Å². The standard InChI is InChI=1S/C21H42O5/c1-2-3-4-5-6-7-8-9-10-11-12-13-14-15-16-17-21(23)25-19-20(18-22)26-24/h20,22,24H,2-19H2,1H3/t20-/m0/s1. The molecular formula is C21H42O5. The molecule has 0 rings (SSSR count). The van der Waals surface area contributed by atoms with E-state index in [0.29, 0.717) is 6.42 Å². The molecule has 26 heavy (non-hydrogen) atoms. The van der Waals surface area contributed by atoms with Crippen molar-refractivity contribution in [2.24, 2.45) is 0 Å². The summed E-state index contributed by atoms with van der Waals surface area (Å²) in [4.78, 5) is 15.4. The van der Waals surface area contributed by atoms with E-state index in [1.807, 2.05) is 0 Å². The van der Waals surface area contributed by atoms with E-state index < -0.39 is 6.10 Å². The number of carbonyl (C=O) groups is 1. The Labute approximate surface area is 160 Å². The first kappa shape index (κ1) is 25.4. The molecule has 1 atom stereocenters. The van der Waals surface area contributed by atoms with E-state index in [-0.39, 0.29) is 19.2 Å². The van der Waals surface area contributed by atoms with Gasteiger partial charge in [0, 0.05) is 6.42 Å². The third-order valence-corrected chi connectivity index (χ3v) is 4.77. The van der Waals surface area contributed by atoms with E-state index in [1.54, 1.807) is 0 Å². The molecule has 0 aliphatic rings. The number of rotatable bonds is 20. The molecule has 2 N–H and O–H groups in total. The Morgan fingerprint density at radius 3 is 1.58 bits per heavy atom. The predicted octanol–water partition coefficient (Wildman–Crippen LogP) is 5.64. The number of aliphatic hydroxyl groups excluding tert-OH is 1. The fourth-order valence-corrected chi connectivity index (χ4v) is 3.02. The van der Waals surface area contributed by atoms with Crippen LogP contribution in [0.3, 0.4) is 0 Å². The van der Waals surface area contributed by atoms with E-state index in [1.165, 1.54) is 83.5 Å². The van der Waals surface area contributed by atoms with Gasteiger partial charge in [0.15, 0.2) is 0 Å². The maximum atomic E-state index is 11.5. The van der Waals surface area contributed by atoms with E-state index in [4.69, 9.17) is 15.1 Å². The number of aliphatic hydroxyl groups is 1. The van der Waals surface area contributed by atoms with Gasteiger partial charge in [0.2, 0.25) is 0 Å². The molecule has 0 amide bonds. The van der Waals surface area contributed by atoms with Gasteiger partial charge in [-0.25, -0.2) is 4.89 Å². The smallest absolute Gasteiger partial charge is 0.305 e. The molecule has 5 nitrogen and oxygen atoms in total. The molecule has 0 aromatic heterocycles. The second-order valence-electron chi connectivity index (χ2n) is 7.29. The molecule has 0 saturated heterocycles. The van der Waals surface area contributed by atoms with Crippen LogP contribution >= 0.6 is 0 Å². The molecule has 0 spiro atoms. The summed E-state index contributed by atoms with van der Waals surface area (Å²) >= 11 is 0. The molecule has 5 heteroatoms. The first-order chi connectivity index (χ1) is 12.7. The third kappa shape index (κ3) is 18.2. The van der Waals surface area contributed by atoms with Crippen LogP contribution in [0.2, 0.25) is 0 Å². The lowest BCUT2D eigenvalue weighted by Gasteiger charge is -2.10. The second-order valence-corrected chi connectivity index (χ2v) is 7.29. The molecule has 156 valence electrons. The summed E-state index contributed by atoms with van der Waals surface area (Å²) in [6, 6.07) is 0. The van der Waals surface area contributed by atoms with E-state index in [0.717, 1.165) is 12.8 Å². The van der Waals surface area contributed by atoms with Gasteiger partial charge >= 0.3 is 5.97 Å². The summed E-state index contributed by atoms with van der Waals surface area (Å²) in [7, 11) is 0. The monoisotopic (exact) mass is 374 g/mol. The number of carbonyl (C=O) groups excluding carboxylic acids is 1. The summed E-state index contributed by atoms with van der Waals surface area (Å²) in [5, 5.41) is 17.2. The van der Waals surface area contributed by atoms with Crippen LogP contribution < -0.4 is 0 Å². The van der Waals surface area contributed by atoms with E-state index in [2.05, 4.69) is 11.8 Å². The lowest BCUT2D eigenvalue weighted by molar-refractivity contribution is -0.291. The zero-order valence-electron chi connectivity index (χ0n) is 16.9. The van der Waals surface area contributed by atoms with Gasteiger partial charge in [0.05, 0.1) is 6.61 Å². The summed E-state index contributed by atoms with van der Waals surface area (Å²) < 4.78 is 4.92. The second kappa shape index (κ2) is 20.7. The van der Waals surface area contributed by atoms with Crippen molar-refractivity contribution in [1.82, 2.24) is 0 Å². The topological polar surface area (TPSA) is 76.0 Å². The lowest BCUT2D eigenvalue weighted by Crippen LogP contribution is -2.24. The molecule has 0 aliphatic heterocycles. The van der Waals surface area contributed by atoms with Crippen LogP contribution in [0.1, 0.15) is 110 Å². The highest BCUT2D eigenvalue weighted by Gasteiger charge is 2.11. The minimum Gasteiger partial charge on any atom is -0.463 e. The largest absolute Gasteiger partial charge is 0.463 e. The van der Waals surface area contributed by atoms with Gasteiger partial charge in [-0.3, -0.25) is 10.1 Å². The van der Waals surface area contributed by atoms with Crippen molar-refractivity contribution in [3.8, 4) is 0 Å². The summed E-state index contributed by atoms with van der Waals surface area (Å²) in [5.41, 5.74) is 0. The SMILES string of the molecule is CCCCCCCCCCCCCCCCCC(=O)OC[C@H](CO)OO. The summed E-state index contributed by atoms with van der Waals surface area (Å²) in [5.74, 6) is -0.296. The van der Waals surface area contributed by atoms with E-state index >= 15 is 0 Å². The molecule has 0 saturated carbocycles. The Kier molecular flexibility index (Phi) is 20.1. The first-order valence-corrected chi connectivity index (χ1v) is 10.8. The fourth-order valence-electron chi connectivity index (χ4n) is 3.02. The van der Waals surface area contributed by atoms with Crippen molar-refractivity contribution >= 4 is 5.97 Å². The quantitative estimate of drug-likeness (QED) is 0.125. The van der Waals surface area contributed by atoms with Gasteiger partial charge in [-0.05, 0) is 6.42 Å². The zero-order valence-corrected chi connectivity index (χ0v) is 16.9. The molecule has 0 heterocycles. The highest BCUT2D eigenvalue weighted by molar-refractivity contribution is 5.69. The Bertz CT molecular complexity index is 292. The zero-order chi connectivity index (χ0) is 19.3. The van der Waals surface area contributed by atoms with Gasteiger partial charge in [-0.15, -0.1) is 0 Å². The fraction of sp³-hybridized carbons (Fsp3) is 0.952. The number of hydrogen-bond acceptors (Lipinski definition) is 5. The molecule has 0 aromatic rings. The Balaban J connectivity index is 3.18. The molecule has 0 fully saturated rings. The van der Waals surface area contributed by atoms with Gasteiger partial charge < -0.3 is 9.84 Å². The van der Waals surface area contributed by atoms with Crippen molar-refractivity contribution in [2.45, 2.75) is 116 Å². The van der Waals surface area contributed by atoms with Crippen molar-refractivity contribution in [3.05, 3.63) is 0 Å². The molecule has 0 aliphatic carbocycles. The maximum Gasteiger partial charge on any atom is 0.305 e. The third-order valence-electron chi connectivity index (χ3n) is 4.77. The van der Waals surface area contributed by atoms with Gasteiger partial charge in [-0.2, -0.15) is 0 Å². The Morgan fingerprint density at radius 2 is 1.19 bits per heavy atom. The minimum atomic E-state index is -0.847. The van der Waals surface area contributed by atoms with Crippen LogP contribution in [0.15, 0.2) is 0 Å². The first-order valence-electron chi connectivity index (χ1n) is 10.8. The van der Waals surface area contributed by atoms with Crippen molar-refractivity contribution in [2.75, 3.05) is 13.2 Å². The lowest BCUT2D eigenvalue weighted by atomic mass is 10.0. The van der Waals surface area contributed by atoms with Crippen molar-refractivity contribution in [3.63, 3.8) is 0 Å². The maximum absolute atomic E-state index is 11.5. The van der Waals surface area contributed by atoms with Gasteiger partial charge in [-0.1, -0.05) is 96.8 Å². The highest BCUT2D eigenvalue weighted by atomic mass is 17.1. The van der Waals surface area contributed by atoms with Crippen molar-refractivity contribution < 1.29 is 24.8 Å². The number of ether oxygens (including phenoxy) is 1. The van der Waals surface area contributed by atoms with Crippen molar-refractivity contribution in [1.29, 1.82) is 0 Å². The predicted molar refractivity (Wildman–Crippen MR) is 105 cm³/mol.